The summed E-state index contributed by atoms with van der Waals surface area (Å²) in [6.45, 7) is 2.19. The fraction of sp³-hybridized carbons (Fsp3) is 0.400. The van der Waals surface area contributed by atoms with Gasteiger partial charge >= 0.3 is 0 Å². The summed E-state index contributed by atoms with van der Waals surface area (Å²) in [6.07, 6.45) is 4.52. The number of benzene rings is 1. The molecule has 1 atom stereocenters. The first-order chi connectivity index (χ1) is 8.72. The van der Waals surface area contributed by atoms with Crippen molar-refractivity contribution in [3.63, 3.8) is 0 Å². The van der Waals surface area contributed by atoms with Crippen LogP contribution in [0.5, 0.6) is 0 Å². The van der Waals surface area contributed by atoms with Crippen molar-refractivity contribution in [2.75, 3.05) is 0 Å². The lowest BCUT2D eigenvalue weighted by molar-refractivity contribution is 0.580. The number of unbranched alkanes of at least 4 members (excludes halogenated alkanes) is 2. The summed E-state index contributed by atoms with van der Waals surface area (Å²) in [5.41, 5.74) is 8.09. The molecule has 0 spiro atoms. The van der Waals surface area contributed by atoms with Gasteiger partial charge in [0.05, 0.1) is 5.52 Å². The van der Waals surface area contributed by atoms with Crippen molar-refractivity contribution in [1.29, 1.82) is 0 Å². The molecule has 18 heavy (non-hydrogen) atoms. The summed E-state index contributed by atoms with van der Waals surface area (Å²) in [7, 11) is 0. The zero-order valence-electron chi connectivity index (χ0n) is 10.7. The first kappa shape index (κ1) is 13.3. The molecule has 1 heterocycles. The van der Waals surface area contributed by atoms with Gasteiger partial charge in [0.25, 0.3) is 0 Å². The van der Waals surface area contributed by atoms with Gasteiger partial charge in [0.2, 0.25) is 0 Å². The van der Waals surface area contributed by atoms with Crippen LogP contribution in [0.3, 0.4) is 0 Å². The Labute approximate surface area is 113 Å². The number of fused-ring (bicyclic) bond motifs is 1. The number of halogens is 1. The Morgan fingerprint density at radius 3 is 2.83 bits per heavy atom. The molecule has 0 aliphatic rings. The number of nitrogens with two attached hydrogens (primary N) is 1. The smallest absolute Gasteiger partial charge is 0.134 e. The van der Waals surface area contributed by atoms with E-state index in [1.807, 2.05) is 24.3 Å². The Kier molecular flexibility index (Phi) is 4.56. The van der Waals surface area contributed by atoms with E-state index in [2.05, 4.69) is 18.0 Å². The van der Waals surface area contributed by atoms with Crippen LogP contribution in [0.4, 0.5) is 0 Å². The number of hydrogen-bond acceptors (Lipinski definition) is 2. The zero-order valence-corrected chi connectivity index (χ0v) is 11.5. The van der Waals surface area contributed by atoms with E-state index in [1.165, 1.54) is 12.8 Å². The van der Waals surface area contributed by atoms with E-state index in [0.29, 0.717) is 5.15 Å². The summed E-state index contributed by atoms with van der Waals surface area (Å²) >= 11 is 6.22. The molecule has 2 rings (SSSR count). The predicted octanol–water partition coefficient (Wildman–Crippen LogP) is 4.47. The average Bonchev–Trinajstić information content (AvgIpc) is 2.38. The Morgan fingerprint density at radius 1 is 1.28 bits per heavy atom. The molecule has 0 aliphatic carbocycles. The Balaban J connectivity index is 2.24. The molecule has 0 bridgehead atoms. The van der Waals surface area contributed by atoms with E-state index in [4.69, 9.17) is 17.3 Å². The largest absolute Gasteiger partial charge is 0.324 e. The minimum atomic E-state index is -0.0128. The van der Waals surface area contributed by atoms with Gasteiger partial charge in [0.1, 0.15) is 5.15 Å². The van der Waals surface area contributed by atoms with Gasteiger partial charge < -0.3 is 5.73 Å². The number of aromatic nitrogens is 1. The molecule has 2 N–H and O–H groups in total. The third kappa shape index (κ3) is 3.01. The lowest BCUT2D eigenvalue weighted by Crippen LogP contribution is -2.11. The van der Waals surface area contributed by atoms with Gasteiger partial charge in [-0.05, 0) is 18.6 Å². The van der Waals surface area contributed by atoms with E-state index in [0.717, 1.165) is 29.3 Å². The number of para-hydroxylation sites is 1. The summed E-state index contributed by atoms with van der Waals surface area (Å²) < 4.78 is 0. The second-order valence-corrected chi connectivity index (χ2v) is 5.02. The Bertz CT molecular complexity index is 525. The molecule has 0 saturated heterocycles. The second-order valence-electron chi connectivity index (χ2n) is 4.66. The molecule has 0 radical (unpaired) electrons. The van der Waals surface area contributed by atoms with Crippen LogP contribution in [0, 0.1) is 0 Å². The molecule has 1 aromatic carbocycles. The van der Waals surface area contributed by atoms with Crippen LogP contribution in [-0.2, 0) is 0 Å². The molecule has 0 aliphatic heterocycles. The fourth-order valence-electron chi connectivity index (χ4n) is 2.14. The van der Waals surface area contributed by atoms with Gasteiger partial charge in [-0.3, -0.25) is 0 Å². The van der Waals surface area contributed by atoms with E-state index in [-0.39, 0.29) is 6.04 Å². The standard InChI is InChI=1S/C15H19ClN2/c1-2-3-4-8-13(17)12-10-11-7-5-6-9-14(11)18-15(12)16/h5-7,9-10,13H,2-4,8,17H2,1H3/t13-/m1/s1. The highest BCUT2D eigenvalue weighted by molar-refractivity contribution is 6.30. The highest BCUT2D eigenvalue weighted by Gasteiger charge is 2.12. The van der Waals surface area contributed by atoms with E-state index >= 15 is 0 Å². The molecule has 0 fully saturated rings. The maximum absolute atomic E-state index is 6.22. The molecule has 1 aromatic heterocycles. The van der Waals surface area contributed by atoms with Gasteiger partial charge in [0.15, 0.2) is 0 Å². The van der Waals surface area contributed by atoms with Gasteiger partial charge in [0, 0.05) is 17.0 Å². The molecule has 2 aromatic rings. The molecule has 0 unspecified atom stereocenters. The van der Waals surface area contributed by atoms with Crippen LogP contribution in [0.2, 0.25) is 5.15 Å². The topological polar surface area (TPSA) is 38.9 Å². The highest BCUT2D eigenvalue weighted by atomic mass is 35.5. The molecule has 0 saturated carbocycles. The van der Waals surface area contributed by atoms with Crippen molar-refractivity contribution in [1.82, 2.24) is 4.98 Å². The Hall–Kier alpha value is -1.12. The summed E-state index contributed by atoms with van der Waals surface area (Å²) in [6, 6.07) is 10.0. The van der Waals surface area contributed by atoms with Crippen molar-refractivity contribution in [2.24, 2.45) is 5.73 Å². The minimum absolute atomic E-state index is 0.0128. The third-order valence-electron chi connectivity index (χ3n) is 3.22. The fourth-order valence-corrected chi connectivity index (χ4v) is 2.42. The van der Waals surface area contributed by atoms with Crippen molar-refractivity contribution < 1.29 is 0 Å². The van der Waals surface area contributed by atoms with Crippen LogP contribution >= 0.6 is 11.6 Å². The maximum atomic E-state index is 6.22. The maximum Gasteiger partial charge on any atom is 0.134 e. The van der Waals surface area contributed by atoms with Gasteiger partial charge in [-0.1, -0.05) is 56.0 Å². The van der Waals surface area contributed by atoms with Crippen molar-refractivity contribution in [3.8, 4) is 0 Å². The first-order valence-electron chi connectivity index (χ1n) is 6.53. The summed E-state index contributed by atoms with van der Waals surface area (Å²) in [5, 5.41) is 1.64. The van der Waals surface area contributed by atoms with Crippen molar-refractivity contribution in [2.45, 2.75) is 38.6 Å². The van der Waals surface area contributed by atoms with Gasteiger partial charge in [-0.15, -0.1) is 0 Å². The van der Waals surface area contributed by atoms with E-state index < -0.39 is 0 Å². The van der Waals surface area contributed by atoms with Crippen LogP contribution in [0.25, 0.3) is 10.9 Å². The molecule has 96 valence electrons. The molecule has 0 amide bonds. The van der Waals surface area contributed by atoms with Crippen molar-refractivity contribution >= 4 is 22.5 Å². The monoisotopic (exact) mass is 262 g/mol. The number of hydrogen-bond donors (Lipinski definition) is 1. The zero-order chi connectivity index (χ0) is 13.0. The first-order valence-corrected chi connectivity index (χ1v) is 6.91. The van der Waals surface area contributed by atoms with Gasteiger partial charge in [-0.25, -0.2) is 4.98 Å². The third-order valence-corrected chi connectivity index (χ3v) is 3.53. The molecular weight excluding hydrogens is 244 g/mol. The minimum Gasteiger partial charge on any atom is -0.324 e. The molecular formula is C15H19ClN2. The average molecular weight is 263 g/mol. The van der Waals surface area contributed by atoms with E-state index in [1.54, 1.807) is 0 Å². The summed E-state index contributed by atoms with van der Waals surface area (Å²) in [4.78, 5) is 4.41. The molecule has 3 heteroatoms. The normalized spacial score (nSPS) is 12.8. The lowest BCUT2D eigenvalue weighted by atomic mass is 10.0. The Morgan fingerprint density at radius 2 is 2.06 bits per heavy atom. The second kappa shape index (κ2) is 6.17. The van der Waals surface area contributed by atoms with Crippen LogP contribution in [0.1, 0.15) is 44.2 Å². The molecule has 2 nitrogen and oxygen atoms in total. The number of rotatable bonds is 5. The lowest BCUT2D eigenvalue weighted by Gasteiger charge is -2.14. The quantitative estimate of drug-likeness (QED) is 0.638. The number of nitrogens with zero attached hydrogens (tertiary/aromatic N) is 1. The van der Waals surface area contributed by atoms with Crippen LogP contribution in [0.15, 0.2) is 30.3 Å². The van der Waals surface area contributed by atoms with E-state index in [9.17, 15) is 0 Å². The number of pyridine rings is 1. The predicted molar refractivity (Wildman–Crippen MR) is 77.8 cm³/mol. The SMILES string of the molecule is CCCCC[C@@H](N)c1cc2ccccc2nc1Cl. The summed E-state index contributed by atoms with van der Waals surface area (Å²) in [5.74, 6) is 0. The van der Waals surface area contributed by atoms with Gasteiger partial charge in [-0.2, -0.15) is 0 Å². The highest BCUT2D eigenvalue weighted by Crippen LogP contribution is 2.27. The van der Waals surface area contributed by atoms with Crippen molar-refractivity contribution in [3.05, 3.63) is 41.0 Å². The van der Waals surface area contributed by atoms with Crippen LogP contribution in [-0.4, -0.2) is 4.98 Å². The van der Waals surface area contributed by atoms with Crippen LogP contribution < -0.4 is 5.73 Å².